The van der Waals surface area contributed by atoms with Crippen molar-refractivity contribution in [2.24, 2.45) is 0 Å². The van der Waals surface area contributed by atoms with E-state index in [4.69, 9.17) is 0 Å². The first kappa shape index (κ1) is 15.8. The van der Waals surface area contributed by atoms with Gasteiger partial charge in [-0.1, -0.05) is 0 Å². The van der Waals surface area contributed by atoms with E-state index in [-0.39, 0.29) is 17.4 Å². The third-order valence-electron chi connectivity index (χ3n) is 3.93. The highest BCUT2D eigenvalue weighted by Crippen LogP contribution is 2.43. The Labute approximate surface area is 145 Å². The largest absolute Gasteiger partial charge is 0.586 e. The lowest BCUT2D eigenvalue weighted by molar-refractivity contribution is -0.286. The van der Waals surface area contributed by atoms with E-state index in [0.29, 0.717) is 10.6 Å². The molecule has 4 rings (SSSR count). The molecule has 1 amide bonds. The Bertz CT molecular complexity index is 1000. The summed E-state index contributed by atoms with van der Waals surface area (Å²) < 4.78 is 36.0. The maximum Gasteiger partial charge on any atom is 0.586 e. The van der Waals surface area contributed by atoms with Crippen LogP contribution in [0, 0.1) is 6.92 Å². The number of hydrogen-bond acceptors (Lipinski definition) is 5. The topological polar surface area (TPSA) is 51.7 Å². The first-order valence-electron chi connectivity index (χ1n) is 7.36. The minimum atomic E-state index is -3.68. The molecule has 0 radical (unpaired) electrons. The number of rotatable bonds is 2. The second kappa shape index (κ2) is 5.38. The van der Waals surface area contributed by atoms with E-state index < -0.39 is 6.29 Å². The molecule has 0 spiro atoms. The van der Waals surface area contributed by atoms with Crippen molar-refractivity contribution in [2.75, 3.05) is 11.9 Å². The molecule has 3 heterocycles. The molecule has 0 fully saturated rings. The van der Waals surface area contributed by atoms with Crippen LogP contribution in [-0.2, 0) is 0 Å². The number of halogens is 2. The van der Waals surface area contributed by atoms with Crippen LogP contribution in [0.2, 0.25) is 0 Å². The maximum absolute atomic E-state index is 13.1. The van der Waals surface area contributed by atoms with Crippen LogP contribution in [-0.4, -0.2) is 24.2 Å². The lowest BCUT2D eigenvalue weighted by Crippen LogP contribution is -2.26. The molecule has 2 aromatic heterocycles. The normalized spacial score (nSPS) is 14.7. The molecule has 0 unspecified atom stereocenters. The van der Waals surface area contributed by atoms with Gasteiger partial charge in [-0.15, -0.1) is 20.1 Å². The first-order chi connectivity index (χ1) is 11.8. The average molecular weight is 362 g/mol. The van der Waals surface area contributed by atoms with Crippen LogP contribution in [0.4, 0.5) is 14.5 Å². The van der Waals surface area contributed by atoms with Gasteiger partial charge in [0.05, 0.1) is 9.58 Å². The summed E-state index contributed by atoms with van der Waals surface area (Å²) in [6.45, 7) is 1.93. The number of aromatic nitrogens is 1. The molecular weight excluding hydrogens is 350 g/mol. The molecule has 128 valence electrons. The Hall–Kier alpha value is -2.74. The number of alkyl halides is 2. The van der Waals surface area contributed by atoms with Crippen molar-refractivity contribution < 1.29 is 23.0 Å². The van der Waals surface area contributed by atoms with E-state index >= 15 is 0 Å². The van der Waals surface area contributed by atoms with Gasteiger partial charge in [-0.2, -0.15) is 0 Å². The molecule has 0 saturated carbocycles. The Balaban J connectivity index is 1.65. The van der Waals surface area contributed by atoms with Crippen molar-refractivity contribution >= 4 is 33.0 Å². The zero-order chi connectivity index (χ0) is 17.8. The highest BCUT2D eigenvalue weighted by atomic mass is 32.1. The van der Waals surface area contributed by atoms with Crippen LogP contribution in [0.1, 0.15) is 15.2 Å². The summed E-state index contributed by atoms with van der Waals surface area (Å²) >= 11 is 1.34. The van der Waals surface area contributed by atoms with Crippen molar-refractivity contribution in [3.63, 3.8) is 0 Å². The predicted molar refractivity (Wildman–Crippen MR) is 89.7 cm³/mol. The number of thiophene rings is 1. The molecule has 1 aromatic carbocycles. The average Bonchev–Trinajstić information content (AvgIpc) is 3.12. The summed E-state index contributed by atoms with van der Waals surface area (Å²) in [7, 11) is 1.58. The molecular formula is C17H12F2N2O3S. The lowest BCUT2D eigenvalue weighted by Gasteiger charge is -2.16. The van der Waals surface area contributed by atoms with E-state index in [1.165, 1.54) is 34.4 Å². The molecule has 0 bridgehead atoms. The van der Waals surface area contributed by atoms with Gasteiger partial charge in [0, 0.05) is 31.2 Å². The van der Waals surface area contributed by atoms with Gasteiger partial charge in [0.15, 0.2) is 11.5 Å². The molecule has 25 heavy (non-hydrogen) atoms. The number of nitrogens with zero attached hydrogens (tertiary/aromatic N) is 2. The number of amides is 1. The van der Waals surface area contributed by atoms with Gasteiger partial charge < -0.3 is 14.4 Å². The van der Waals surface area contributed by atoms with E-state index in [1.807, 2.05) is 13.0 Å². The number of hydrogen-bond donors (Lipinski definition) is 0. The number of anilines is 1. The SMILES string of the molecule is Cc1cncc2sc(C(=O)N(C)c3ccc4c(c3)OC(F)(F)O4)cc12. The number of benzene rings is 1. The fourth-order valence-electron chi connectivity index (χ4n) is 2.63. The second-order valence-electron chi connectivity index (χ2n) is 5.64. The second-order valence-corrected chi connectivity index (χ2v) is 6.73. The number of carbonyl (C=O) groups is 1. The Kier molecular flexibility index (Phi) is 3.40. The quantitative estimate of drug-likeness (QED) is 0.686. The van der Waals surface area contributed by atoms with Crippen LogP contribution in [0.15, 0.2) is 36.7 Å². The number of aryl methyl sites for hydroxylation is 1. The van der Waals surface area contributed by atoms with Gasteiger partial charge >= 0.3 is 6.29 Å². The van der Waals surface area contributed by atoms with Crippen LogP contribution in [0.5, 0.6) is 11.5 Å². The van der Waals surface area contributed by atoms with Crippen LogP contribution in [0.3, 0.4) is 0 Å². The highest BCUT2D eigenvalue weighted by Gasteiger charge is 2.43. The van der Waals surface area contributed by atoms with E-state index in [2.05, 4.69) is 14.5 Å². The van der Waals surface area contributed by atoms with Crippen LogP contribution in [0.25, 0.3) is 10.1 Å². The molecule has 0 aliphatic carbocycles. The molecule has 3 aromatic rings. The zero-order valence-corrected chi connectivity index (χ0v) is 14.1. The fourth-order valence-corrected chi connectivity index (χ4v) is 3.71. The maximum atomic E-state index is 13.1. The van der Waals surface area contributed by atoms with E-state index in [0.717, 1.165) is 15.6 Å². The van der Waals surface area contributed by atoms with Crippen LogP contribution >= 0.6 is 11.3 Å². The smallest absolute Gasteiger partial charge is 0.395 e. The summed E-state index contributed by atoms with van der Waals surface area (Å²) in [6, 6.07) is 6.06. The van der Waals surface area contributed by atoms with Crippen molar-refractivity contribution in [1.82, 2.24) is 4.98 Å². The van der Waals surface area contributed by atoms with Gasteiger partial charge in [-0.05, 0) is 36.1 Å². The third-order valence-corrected chi connectivity index (χ3v) is 4.99. The molecule has 0 saturated heterocycles. The molecule has 8 heteroatoms. The molecule has 1 aliphatic heterocycles. The Morgan fingerprint density at radius 2 is 1.96 bits per heavy atom. The van der Waals surface area contributed by atoms with Gasteiger partial charge in [0.1, 0.15) is 0 Å². The Morgan fingerprint density at radius 1 is 1.20 bits per heavy atom. The first-order valence-corrected chi connectivity index (χ1v) is 8.18. The monoisotopic (exact) mass is 362 g/mol. The standard InChI is InChI=1S/C17H12F2N2O3S/c1-9-7-20-8-15-11(9)6-14(25-15)16(22)21(2)10-3-4-12-13(5-10)24-17(18,19)23-12/h3-8H,1-2H3. The van der Waals surface area contributed by atoms with Gasteiger partial charge in [-0.3, -0.25) is 9.78 Å². The molecule has 0 N–H and O–H groups in total. The number of ether oxygens (including phenoxy) is 2. The third kappa shape index (κ3) is 2.68. The summed E-state index contributed by atoms with van der Waals surface area (Å²) in [5.41, 5.74) is 1.41. The molecule has 5 nitrogen and oxygen atoms in total. The van der Waals surface area contributed by atoms with Crippen molar-refractivity contribution in [3.8, 4) is 11.5 Å². The minimum absolute atomic E-state index is 0.0573. The van der Waals surface area contributed by atoms with Gasteiger partial charge in [-0.25, -0.2) is 0 Å². The number of fused-ring (bicyclic) bond motifs is 2. The van der Waals surface area contributed by atoms with Crippen molar-refractivity contribution in [2.45, 2.75) is 13.2 Å². The molecule has 0 atom stereocenters. The Morgan fingerprint density at radius 3 is 2.72 bits per heavy atom. The predicted octanol–water partition coefficient (Wildman–Crippen LogP) is 4.20. The minimum Gasteiger partial charge on any atom is -0.395 e. The lowest BCUT2D eigenvalue weighted by atomic mass is 10.2. The van der Waals surface area contributed by atoms with Crippen molar-refractivity contribution in [3.05, 3.63) is 47.1 Å². The van der Waals surface area contributed by atoms with Crippen LogP contribution < -0.4 is 14.4 Å². The van der Waals surface area contributed by atoms with Gasteiger partial charge in [0.2, 0.25) is 0 Å². The summed E-state index contributed by atoms with van der Waals surface area (Å²) in [5.74, 6) is -0.400. The van der Waals surface area contributed by atoms with Crippen molar-refractivity contribution in [1.29, 1.82) is 0 Å². The van der Waals surface area contributed by atoms with E-state index in [1.54, 1.807) is 19.4 Å². The zero-order valence-electron chi connectivity index (χ0n) is 13.2. The fraction of sp³-hybridized carbons (Fsp3) is 0.176. The highest BCUT2D eigenvalue weighted by molar-refractivity contribution is 7.20. The summed E-state index contributed by atoms with van der Waals surface area (Å²) in [5, 5.41) is 0.974. The number of carbonyl (C=O) groups excluding carboxylic acids is 1. The summed E-state index contributed by atoms with van der Waals surface area (Å²) in [4.78, 5) is 18.8. The number of pyridine rings is 1. The summed E-state index contributed by atoms with van der Waals surface area (Å²) in [6.07, 6.45) is -0.225. The van der Waals surface area contributed by atoms with E-state index in [9.17, 15) is 13.6 Å². The van der Waals surface area contributed by atoms with Gasteiger partial charge in [0.25, 0.3) is 5.91 Å². The molecule has 1 aliphatic rings.